The van der Waals surface area contributed by atoms with Crippen molar-refractivity contribution in [3.63, 3.8) is 0 Å². The van der Waals surface area contributed by atoms with Crippen molar-refractivity contribution in [3.05, 3.63) is 90.9 Å². The highest BCUT2D eigenvalue weighted by molar-refractivity contribution is 7.22. The second kappa shape index (κ2) is 8.78. The summed E-state index contributed by atoms with van der Waals surface area (Å²) in [6.07, 6.45) is 8.86. The summed E-state index contributed by atoms with van der Waals surface area (Å²) in [6.45, 7) is 0. The molecule has 0 spiro atoms. The third kappa shape index (κ3) is 4.60. The molecule has 0 aromatic carbocycles. The molecule has 0 fully saturated rings. The van der Waals surface area contributed by atoms with E-state index in [0.29, 0.717) is 0 Å². The summed E-state index contributed by atoms with van der Waals surface area (Å²) in [5, 5.41) is 4.26. The average molecular weight is 465 g/mol. The number of hydrogen-bond acceptors (Lipinski definition) is 5. The SMILES string of the molecule is C(=C\c1ccc(-c2cccs2)s1)/c1ccc(/C=C/c2ccc(-c3cccs3)s2)s1. The van der Waals surface area contributed by atoms with E-state index < -0.39 is 0 Å². The Balaban J connectivity index is 1.25. The van der Waals surface area contributed by atoms with Crippen molar-refractivity contribution in [2.45, 2.75) is 0 Å². The van der Waals surface area contributed by atoms with Crippen LogP contribution in [0, 0.1) is 0 Å². The summed E-state index contributed by atoms with van der Waals surface area (Å²) in [6, 6.07) is 21.8. The Morgan fingerprint density at radius 2 is 0.828 bits per heavy atom. The molecule has 0 saturated carbocycles. The average Bonchev–Trinajstić information content (AvgIpc) is 3.55. The molecular formula is C24H16S5. The lowest BCUT2D eigenvalue weighted by molar-refractivity contribution is 1.90. The largest absolute Gasteiger partial charge is 0.143 e. The fourth-order valence-corrected chi connectivity index (χ4v) is 7.17. The van der Waals surface area contributed by atoms with Gasteiger partial charge >= 0.3 is 0 Å². The zero-order valence-corrected chi connectivity index (χ0v) is 19.4. The van der Waals surface area contributed by atoms with Gasteiger partial charge in [0.05, 0.1) is 0 Å². The van der Waals surface area contributed by atoms with E-state index in [-0.39, 0.29) is 0 Å². The van der Waals surface area contributed by atoms with Crippen molar-refractivity contribution in [2.75, 3.05) is 0 Å². The van der Waals surface area contributed by atoms with Gasteiger partial charge in [-0.25, -0.2) is 0 Å². The van der Waals surface area contributed by atoms with Crippen LogP contribution < -0.4 is 0 Å². The topological polar surface area (TPSA) is 0 Å². The molecule has 5 aromatic heterocycles. The van der Waals surface area contributed by atoms with Crippen LogP contribution in [0.15, 0.2) is 71.4 Å². The molecule has 0 radical (unpaired) electrons. The smallest absolute Gasteiger partial charge is 0.0448 e. The minimum Gasteiger partial charge on any atom is -0.143 e. The molecule has 5 heterocycles. The summed E-state index contributed by atoms with van der Waals surface area (Å²) in [5.74, 6) is 0. The molecule has 5 aromatic rings. The van der Waals surface area contributed by atoms with Gasteiger partial charge in [0.1, 0.15) is 0 Å². The van der Waals surface area contributed by atoms with Gasteiger partial charge in [0.15, 0.2) is 0 Å². The van der Waals surface area contributed by atoms with Crippen LogP contribution in [0.2, 0.25) is 0 Å². The fourth-order valence-electron chi connectivity index (χ4n) is 2.86. The second-order valence-electron chi connectivity index (χ2n) is 6.27. The summed E-state index contributed by atoms with van der Waals surface area (Å²) in [7, 11) is 0. The quantitative estimate of drug-likeness (QED) is 0.234. The van der Waals surface area contributed by atoms with E-state index in [4.69, 9.17) is 0 Å². The first-order valence-corrected chi connectivity index (χ1v) is 13.3. The molecule has 0 N–H and O–H groups in total. The van der Waals surface area contributed by atoms with Crippen LogP contribution in [-0.4, -0.2) is 0 Å². The van der Waals surface area contributed by atoms with Gasteiger partial charge < -0.3 is 0 Å². The third-order valence-electron chi connectivity index (χ3n) is 4.25. The van der Waals surface area contributed by atoms with Gasteiger partial charge in [-0.15, -0.1) is 56.7 Å². The van der Waals surface area contributed by atoms with E-state index in [2.05, 4.69) is 95.7 Å². The van der Waals surface area contributed by atoms with Crippen molar-refractivity contribution in [1.29, 1.82) is 0 Å². The lowest BCUT2D eigenvalue weighted by Crippen LogP contribution is -1.59. The molecule has 0 aliphatic heterocycles. The van der Waals surface area contributed by atoms with Crippen LogP contribution >= 0.6 is 56.7 Å². The summed E-state index contributed by atoms with van der Waals surface area (Å²) < 4.78 is 0. The monoisotopic (exact) mass is 464 g/mol. The zero-order chi connectivity index (χ0) is 19.5. The Bertz CT molecular complexity index is 1140. The van der Waals surface area contributed by atoms with E-state index >= 15 is 0 Å². The van der Waals surface area contributed by atoms with E-state index in [0.717, 1.165) is 0 Å². The maximum atomic E-state index is 2.22. The van der Waals surface area contributed by atoms with E-state index in [1.165, 1.54) is 39.0 Å². The predicted molar refractivity (Wildman–Crippen MR) is 137 cm³/mol. The predicted octanol–water partition coefficient (Wildman–Crippen LogP) is 9.67. The first-order chi connectivity index (χ1) is 14.3. The van der Waals surface area contributed by atoms with Crippen molar-refractivity contribution < 1.29 is 0 Å². The zero-order valence-electron chi connectivity index (χ0n) is 15.3. The highest BCUT2D eigenvalue weighted by Gasteiger charge is 2.03. The lowest BCUT2D eigenvalue weighted by atomic mass is 10.3. The number of hydrogen-bond donors (Lipinski definition) is 0. The first kappa shape index (κ1) is 19.0. The molecule has 29 heavy (non-hydrogen) atoms. The standard InChI is InChI=1S/C24H16S5/c1-3-21(25-15-1)23-13-11-19(28-23)9-7-17-5-6-18(27-17)8-10-20-12-14-24(29-20)22-4-2-16-26-22/h1-16H/b9-7+,10-8+. The third-order valence-corrected chi connectivity index (χ3v) is 9.50. The van der Waals surface area contributed by atoms with E-state index in [1.54, 1.807) is 22.7 Å². The summed E-state index contributed by atoms with van der Waals surface area (Å²) >= 11 is 9.09. The molecule has 5 rings (SSSR count). The van der Waals surface area contributed by atoms with Gasteiger partial charge in [0.25, 0.3) is 0 Å². The maximum Gasteiger partial charge on any atom is 0.0448 e. The number of rotatable bonds is 6. The van der Waals surface area contributed by atoms with Gasteiger partial charge in [-0.1, -0.05) is 12.1 Å². The number of thiophene rings is 5. The van der Waals surface area contributed by atoms with Crippen molar-refractivity contribution in [3.8, 4) is 19.5 Å². The molecule has 5 heteroatoms. The molecule has 0 bridgehead atoms. The highest BCUT2D eigenvalue weighted by atomic mass is 32.1. The second-order valence-corrected chi connectivity index (χ2v) is 11.5. The lowest BCUT2D eigenvalue weighted by Gasteiger charge is -1.88. The fraction of sp³-hybridized carbons (Fsp3) is 0. The Hall–Kier alpha value is -2.02. The minimum absolute atomic E-state index is 1.28. The van der Waals surface area contributed by atoms with Gasteiger partial charge in [0.2, 0.25) is 0 Å². The highest BCUT2D eigenvalue weighted by Crippen LogP contribution is 2.34. The van der Waals surface area contributed by atoms with Gasteiger partial charge in [-0.2, -0.15) is 0 Å². The van der Waals surface area contributed by atoms with Crippen LogP contribution in [-0.2, 0) is 0 Å². The molecule has 0 atom stereocenters. The Labute approximate surface area is 190 Å². The van der Waals surface area contributed by atoms with E-state index in [1.807, 2.05) is 34.0 Å². The summed E-state index contributed by atoms with van der Waals surface area (Å²) in [5.41, 5.74) is 0. The first-order valence-electron chi connectivity index (χ1n) is 9.07. The Kier molecular flexibility index (Phi) is 5.74. The van der Waals surface area contributed by atoms with Gasteiger partial charge in [-0.3, -0.25) is 0 Å². The van der Waals surface area contributed by atoms with Gasteiger partial charge in [-0.05, 0) is 83.6 Å². The normalized spacial score (nSPS) is 11.9. The van der Waals surface area contributed by atoms with Crippen LogP contribution in [0.3, 0.4) is 0 Å². The molecule has 0 unspecified atom stereocenters. The van der Waals surface area contributed by atoms with Crippen LogP contribution in [0.25, 0.3) is 43.8 Å². The molecule has 0 aliphatic carbocycles. The minimum atomic E-state index is 1.28. The van der Waals surface area contributed by atoms with Crippen LogP contribution in [0.1, 0.15) is 19.5 Å². The van der Waals surface area contributed by atoms with Crippen molar-refractivity contribution in [1.82, 2.24) is 0 Å². The van der Waals surface area contributed by atoms with E-state index in [9.17, 15) is 0 Å². The molecule has 142 valence electrons. The maximum absolute atomic E-state index is 2.22. The van der Waals surface area contributed by atoms with Crippen LogP contribution in [0.4, 0.5) is 0 Å². The molecular weight excluding hydrogens is 449 g/mol. The van der Waals surface area contributed by atoms with Crippen molar-refractivity contribution in [2.24, 2.45) is 0 Å². The van der Waals surface area contributed by atoms with Crippen molar-refractivity contribution >= 4 is 81.0 Å². The molecule has 0 saturated heterocycles. The molecule has 0 aliphatic rings. The van der Waals surface area contributed by atoms with Gasteiger partial charge in [0, 0.05) is 39.0 Å². The Morgan fingerprint density at radius 1 is 0.414 bits per heavy atom. The molecule has 0 amide bonds. The summed E-state index contributed by atoms with van der Waals surface area (Å²) in [4.78, 5) is 10.5. The molecule has 0 nitrogen and oxygen atoms in total. The Morgan fingerprint density at radius 3 is 1.24 bits per heavy atom. The van der Waals surface area contributed by atoms with Crippen LogP contribution in [0.5, 0.6) is 0 Å².